The van der Waals surface area contributed by atoms with Crippen LogP contribution in [0.25, 0.3) is 0 Å². The SMILES string of the molecule is Cn1nncc1C(C)(C)CON. The molecule has 0 aromatic carbocycles. The van der Waals surface area contributed by atoms with E-state index in [0.717, 1.165) is 5.69 Å². The molecule has 1 aromatic heterocycles. The van der Waals surface area contributed by atoms with E-state index >= 15 is 0 Å². The maximum Gasteiger partial charge on any atom is 0.0786 e. The third-order valence-corrected chi connectivity index (χ3v) is 1.85. The van der Waals surface area contributed by atoms with Crippen LogP contribution >= 0.6 is 0 Å². The van der Waals surface area contributed by atoms with Crippen molar-refractivity contribution in [1.82, 2.24) is 15.0 Å². The highest BCUT2D eigenvalue weighted by Gasteiger charge is 2.24. The molecule has 5 heteroatoms. The van der Waals surface area contributed by atoms with Crippen molar-refractivity contribution in [1.29, 1.82) is 0 Å². The fraction of sp³-hybridized carbons (Fsp3) is 0.714. The highest BCUT2D eigenvalue weighted by Crippen LogP contribution is 2.20. The third-order valence-electron chi connectivity index (χ3n) is 1.85. The summed E-state index contributed by atoms with van der Waals surface area (Å²) in [5.74, 6) is 5.02. The molecule has 0 fully saturated rings. The van der Waals surface area contributed by atoms with Gasteiger partial charge in [0.25, 0.3) is 0 Å². The van der Waals surface area contributed by atoms with E-state index in [0.29, 0.717) is 6.61 Å². The minimum Gasteiger partial charge on any atom is -0.304 e. The van der Waals surface area contributed by atoms with Crippen LogP contribution in [0.15, 0.2) is 6.20 Å². The Hall–Kier alpha value is -0.940. The second-order valence-corrected chi connectivity index (χ2v) is 3.44. The van der Waals surface area contributed by atoms with Crippen LogP contribution in [0, 0.1) is 0 Å². The molecule has 1 heterocycles. The van der Waals surface area contributed by atoms with E-state index in [4.69, 9.17) is 5.90 Å². The molecule has 12 heavy (non-hydrogen) atoms. The number of aryl methyl sites for hydroxylation is 1. The van der Waals surface area contributed by atoms with Gasteiger partial charge in [0.05, 0.1) is 18.5 Å². The van der Waals surface area contributed by atoms with E-state index in [1.165, 1.54) is 0 Å². The summed E-state index contributed by atoms with van der Waals surface area (Å²) in [5.41, 5.74) is 0.862. The lowest BCUT2D eigenvalue weighted by Gasteiger charge is -2.22. The number of hydrogen-bond acceptors (Lipinski definition) is 4. The molecule has 0 saturated heterocycles. The average molecular weight is 170 g/mol. The van der Waals surface area contributed by atoms with E-state index in [2.05, 4.69) is 15.1 Å². The maximum absolute atomic E-state index is 5.02. The minimum absolute atomic E-state index is 0.146. The molecule has 0 aliphatic carbocycles. The van der Waals surface area contributed by atoms with Crippen molar-refractivity contribution in [3.63, 3.8) is 0 Å². The zero-order valence-corrected chi connectivity index (χ0v) is 7.61. The summed E-state index contributed by atoms with van der Waals surface area (Å²) in [6.07, 6.45) is 1.72. The first-order chi connectivity index (χ1) is 5.58. The van der Waals surface area contributed by atoms with Crippen LogP contribution in [0.5, 0.6) is 0 Å². The molecule has 5 nitrogen and oxygen atoms in total. The fourth-order valence-electron chi connectivity index (χ4n) is 1.18. The van der Waals surface area contributed by atoms with Crippen molar-refractivity contribution < 1.29 is 4.84 Å². The number of rotatable bonds is 3. The number of nitrogens with two attached hydrogens (primary N) is 1. The standard InChI is InChI=1S/C7H14N4O/c1-7(2,5-12-8)6-4-9-10-11(6)3/h4H,5,8H2,1-3H3. The molecule has 0 aliphatic heterocycles. The Morgan fingerprint density at radius 1 is 1.67 bits per heavy atom. The predicted molar refractivity (Wildman–Crippen MR) is 44.2 cm³/mol. The lowest BCUT2D eigenvalue weighted by molar-refractivity contribution is 0.0934. The summed E-state index contributed by atoms with van der Waals surface area (Å²) in [4.78, 5) is 4.62. The van der Waals surface area contributed by atoms with E-state index < -0.39 is 0 Å². The highest BCUT2D eigenvalue weighted by molar-refractivity contribution is 5.09. The van der Waals surface area contributed by atoms with Gasteiger partial charge in [0, 0.05) is 12.5 Å². The molecule has 1 aromatic rings. The number of aromatic nitrogens is 3. The van der Waals surface area contributed by atoms with Gasteiger partial charge in [0.2, 0.25) is 0 Å². The van der Waals surface area contributed by atoms with Gasteiger partial charge in [-0.3, -0.25) is 4.68 Å². The molecular weight excluding hydrogens is 156 g/mol. The monoisotopic (exact) mass is 170 g/mol. The van der Waals surface area contributed by atoms with Gasteiger partial charge < -0.3 is 4.84 Å². The van der Waals surface area contributed by atoms with Crippen LogP contribution < -0.4 is 5.90 Å². The molecule has 0 bridgehead atoms. The Bertz CT molecular complexity index is 256. The van der Waals surface area contributed by atoms with Gasteiger partial charge in [-0.1, -0.05) is 19.1 Å². The molecule has 0 atom stereocenters. The van der Waals surface area contributed by atoms with Gasteiger partial charge in [-0.15, -0.1) is 5.10 Å². The van der Waals surface area contributed by atoms with Crippen LogP contribution in [-0.2, 0) is 17.3 Å². The van der Waals surface area contributed by atoms with E-state index in [1.807, 2.05) is 20.9 Å². The smallest absolute Gasteiger partial charge is 0.0786 e. The zero-order valence-electron chi connectivity index (χ0n) is 7.61. The highest BCUT2D eigenvalue weighted by atomic mass is 16.6. The molecule has 0 spiro atoms. The summed E-state index contributed by atoms with van der Waals surface area (Å²) in [6.45, 7) is 4.51. The number of nitrogens with zero attached hydrogens (tertiary/aromatic N) is 3. The van der Waals surface area contributed by atoms with Crippen molar-refractivity contribution in [3.8, 4) is 0 Å². The normalized spacial score (nSPS) is 12.0. The molecule has 0 amide bonds. The largest absolute Gasteiger partial charge is 0.304 e. The van der Waals surface area contributed by atoms with Gasteiger partial charge in [0.1, 0.15) is 0 Å². The lowest BCUT2D eigenvalue weighted by atomic mass is 9.91. The predicted octanol–water partition coefficient (Wildman–Crippen LogP) is -0.0170. The average Bonchev–Trinajstić information content (AvgIpc) is 2.35. The Kier molecular flexibility index (Phi) is 2.44. The quantitative estimate of drug-likeness (QED) is 0.647. The second kappa shape index (κ2) is 3.20. The summed E-state index contributed by atoms with van der Waals surface area (Å²) < 4.78 is 1.72. The molecule has 0 radical (unpaired) electrons. The van der Waals surface area contributed by atoms with Gasteiger partial charge in [0.15, 0.2) is 0 Å². The van der Waals surface area contributed by atoms with Crippen LogP contribution in [0.4, 0.5) is 0 Å². The summed E-state index contributed by atoms with van der Waals surface area (Å²) in [6, 6.07) is 0. The summed E-state index contributed by atoms with van der Waals surface area (Å²) in [7, 11) is 1.85. The van der Waals surface area contributed by atoms with Crippen molar-refractivity contribution >= 4 is 0 Å². The van der Waals surface area contributed by atoms with E-state index in [9.17, 15) is 0 Å². The summed E-state index contributed by atoms with van der Waals surface area (Å²) in [5, 5.41) is 7.62. The second-order valence-electron chi connectivity index (χ2n) is 3.44. The van der Waals surface area contributed by atoms with Crippen molar-refractivity contribution in [3.05, 3.63) is 11.9 Å². The van der Waals surface area contributed by atoms with E-state index in [-0.39, 0.29) is 5.41 Å². The van der Waals surface area contributed by atoms with E-state index in [1.54, 1.807) is 10.9 Å². The Morgan fingerprint density at radius 2 is 2.33 bits per heavy atom. The van der Waals surface area contributed by atoms with Gasteiger partial charge >= 0.3 is 0 Å². The Labute approximate surface area is 71.5 Å². The zero-order chi connectivity index (χ0) is 9.19. The third kappa shape index (κ3) is 1.62. The Balaban J connectivity index is 2.88. The molecule has 1 rings (SSSR count). The molecular formula is C7H14N4O. The lowest BCUT2D eigenvalue weighted by Crippen LogP contribution is -2.28. The van der Waals surface area contributed by atoms with Crippen molar-refractivity contribution in [2.24, 2.45) is 12.9 Å². The van der Waals surface area contributed by atoms with Crippen LogP contribution in [0.3, 0.4) is 0 Å². The van der Waals surface area contributed by atoms with Crippen molar-refractivity contribution in [2.75, 3.05) is 6.61 Å². The Morgan fingerprint density at radius 3 is 2.75 bits per heavy atom. The first kappa shape index (κ1) is 9.15. The molecule has 0 saturated carbocycles. The molecule has 0 unspecified atom stereocenters. The summed E-state index contributed by atoms with van der Waals surface area (Å²) >= 11 is 0. The van der Waals surface area contributed by atoms with Gasteiger partial charge in [-0.2, -0.15) is 0 Å². The minimum atomic E-state index is -0.146. The topological polar surface area (TPSA) is 66.0 Å². The van der Waals surface area contributed by atoms with Crippen LogP contribution in [0.2, 0.25) is 0 Å². The first-order valence-electron chi connectivity index (χ1n) is 3.75. The maximum atomic E-state index is 5.02. The molecule has 68 valence electrons. The van der Waals surface area contributed by atoms with Crippen LogP contribution in [-0.4, -0.2) is 21.6 Å². The number of hydrogen-bond donors (Lipinski definition) is 1. The van der Waals surface area contributed by atoms with Gasteiger partial charge in [-0.25, -0.2) is 5.90 Å². The van der Waals surface area contributed by atoms with Crippen molar-refractivity contribution in [2.45, 2.75) is 19.3 Å². The van der Waals surface area contributed by atoms with Crippen LogP contribution in [0.1, 0.15) is 19.5 Å². The molecule has 2 N–H and O–H groups in total. The first-order valence-corrected chi connectivity index (χ1v) is 3.75. The van der Waals surface area contributed by atoms with Gasteiger partial charge in [-0.05, 0) is 0 Å². The fourth-order valence-corrected chi connectivity index (χ4v) is 1.18. The molecule has 0 aliphatic rings.